The minimum atomic E-state index is -0.338. The number of pyridine rings is 2. The zero-order chi connectivity index (χ0) is 19.4. The Labute approximate surface area is 167 Å². The lowest BCUT2D eigenvalue weighted by molar-refractivity contribution is 0.102. The number of benzene rings is 1. The quantitative estimate of drug-likeness (QED) is 0.635. The third-order valence-corrected chi connectivity index (χ3v) is 4.23. The minimum absolute atomic E-state index is 0.227. The second-order valence-electron chi connectivity index (χ2n) is 6.04. The van der Waals surface area contributed by atoms with Gasteiger partial charge in [0.15, 0.2) is 0 Å². The topological polar surface area (TPSA) is 64.1 Å². The molecule has 0 saturated heterocycles. The Kier molecular flexibility index (Phi) is 5.94. The first-order valence-corrected chi connectivity index (χ1v) is 8.96. The highest BCUT2D eigenvalue weighted by molar-refractivity contribution is 6.34. The van der Waals surface area contributed by atoms with Gasteiger partial charge in [-0.3, -0.25) is 9.78 Å². The molecule has 0 aliphatic carbocycles. The van der Waals surface area contributed by atoms with Gasteiger partial charge in [0.1, 0.15) is 23.9 Å². The van der Waals surface area contributed by atoms with Gasteiger partial charge in [-0.2, -0.15) is 0 Å². The molecule has 0 aliphatic heterocycles. The van der Waals surface area contributed by atoms with E-state index < -0.39 is 0 Å². The molecule has 0 bridgehead atoms. The number of rotatable bonds is 5. The Morgan fingerprint density at radius 1 is 1.11 bits per heavy atom. The number of nitrogens with one attached hydrogen (secondary N) is 1. The summed E-state index contributed by atoms with van der Waals surface area (Å²) in [5, 5.41) is 3.76. The molecule has 0 atom stereocenters. The first-order chi connectivity index (χ1) is 12.9. The van der Waals surface area contributed by atoms with Crippen molar-refractivity contribution in [1.82, 2.24) is 9.97 Å². The van der Waals surface area contributed by atoms with Crippen molar-refractivity contribution in [2.75, 3.05) is 5.32 Å². The van der Waals surface area contributed by atoms with Gasteiger partial charge in [0.2, 0.25) is 0 Å². The molecule has 7 heteroatoms. The summed E-state index contributed by atoms with van der Waals surface area (Å²) < 4.78 is 5.70. The number of carbonyl (C=O) groups excluding carboxylic acids is 1. The van der Waals surface area contributed by atoms with E-state index in [0.29, 0.717) is 21.6 Å². The minimum Gasteiger partial charge on any atom is -0.487 e. The summed E-state index contributed by atoms with van der Waals surface area (Å²) in [4.78, 5) is 20.9. The highest BCUT2D eigenvalue weighted by Crippen LogP contribution is 2.28. The van der Waals surface area contributed by atoms with E-state index in [2.05, 4.69) is 15.3 Å². The van der Waals surface area contributed by atoms with E-state index >= 15 is 0 Å². The van der Waals surface area contributed by atoms with Crippen molar-refractivity contribution in [2.24, 2.45) is 0 Å². The predicted molar refractivity (Wildman–Crippen MR) is 107 cm³/mol. The molecule has 0 radical (unpaired) electrons. The van der Waals surface area contributed by atoms with Gasteiger partial charge in [0.25, 0.3) is 5.91 Å². The number of anilines is 1. The fraction of sp³-hybridized carbons (Fsp3) is 0.150. The lowest BCUT2D eigenvalue weighted by Crippen LogP contribution is -2.15. The van der Waals surface area contributed by atoms with Gasteiger partial charge >= 0.3 is 0 Å². The Morgan fingerprint density at radius 3 is 2.70 bits per heavy atom. The van der Waals surface area contributed by atoms with Gasteiger partial charge in [-0.05, 0) is 61.4 Å². The van der Waals surface area contributed by atoms with Gasteiger partial charge in [-0.1, -0.05) is 23.2 Å². The maximum Gasteiger partial charge on any atom is 0.275 e. The van der Waals surface area contributed by atoms with Crippen molar-refractivity contribution in [1.29, 1.82) is 0 Å². The van der Waals surface area contributed by atoms with Crippen LogP contribution in [0.5, 0.6) is 5.75 Å². The predicted octanol–water partition coefficient (Wildman–Crippen LogP) is 5.23. The highest BCUT2D eigenvalue weighted by Gasteiger charge is 2.11. The molecule has 0 saturated carbocycles. The Hall–Kier alpha value is -2.63. The summed E-state index contributed by atoms with van der Waals surface area (Å²) in [6.07, 6.45) is 1.56. The van der Waals surface area contributed by atoms with Crippen molar-refractivity contribution in [3.8, 4) is 5.75 Å². The van der Waals surface area contributed by atoms with Crippen molar-refractivity contribution in [3.63, 3.8) is 0 Å². The van der Waals surface area contributed by atoms with E-state index in [1.807, 2.05) is 19.9 Å². The van der Waals surface area contributed by atoms with Crippen LogP contribution < -0.4 is 10.1 Å². The molecule has 3 rings (SSSR count). The largest absolute Gasteiger partial charge is 0.487 e. The molecule has 1 amide bonds. The van der Waals surface area contributed by atoms with Crippen LogP contribution in [-0.2, 0) is 6.61 Å². The van der Waals surface area contributed by atoms with E-state index in [4.69, 9.17) is 27.9 Å². The molecule has 5 nitrogen and oxygen atoms in total. The van der Waals surface area contributed by atoms with Crippen LogP contribution in [0.1, 0.15) is 27.3 Å². The number of carbonyl (C=O) groups is 1. The highest BCUT2D eigenvalue weighted by atomic mass is 35.5. The van der Waals surface area contributed by atoms with Crippen molar-refractivity contribution < 1.29 is 9.53 Å². The molecule has 1 N–H and O–H groups in total. The Morgan fingerprint density at radius 2 is 1.93 bits per heavy atom. The van der Waals surface area contributed by atoms with Crippen LogP contribution in [0.3, 0.4) is 0 Å². The molecule has 0 fully saturated rings. The van der Waals surface area contributed by atoms with Crippen LogP contribution in [0.4, 0.5) is 5.82 Å². The molecule has 0 aliphatic rings. The van der Waals surface area contributed by atoms with Crippen LogP contribution in [0, 0.1) is 13.8 Å². The zero-order valence-electron chi connectivity index (χ0n) is 14.8. The summed E-state index contributed by atoms with van der Waals surface area (Å²) in [6.45, 7) is 4.05. The lowest BCUT2D eigenvalue weighted by atomic mass is 10.2. The molecule has 0 unspecified atom stereocenters. The molecule has 3 aromatic rings. The van der Waals surface area contributed by atoms with Gasteiger partial charge in [0, 0.05) is 23.0 Å². The van der Waals surface area contributed by atoms with E-state index in [1.54, 1.807) is 42.6 Å². The number of aromatic nitrogens is 2. The molecular weight excluding hydrogens is 385 g/mol. The molecule has 0 spiro atoms. The smallest absolute Gasteiger partial charge is 0.275 e. The van der Waals surface area contributed by atoms with Gasteiger partial charge in [0.05, 0.1) is 5.02 Å². The molecule has 138 valence electrons. The number of aryl methyl sites for hydroxylation is 2. The molecule has 1 aromatic carbocycles. The van der Waals surface area contributed by atoms with Crippen molar-refractivity contribution in [2.45, 2.75) is 20.5 Å². The maximum atomic E-state index is 12.5. The normalized spacial score (nSPS) is 10.5. The monoisotopic (exact) mass is 401 g/mol. The average molecular weight is 402 g/mol. The van der Waals surface area contributed by atoms with E-state index in [-0.39, 0.29) is 18.2 Å². The van der Waals surface area contributed by atoms with Crippen LogP contribution in [0.2, 0.25) is 10.0 Å². The van der Waals surface area contributed by atoms with Crippen LogP contribution in [-0.4, -0.2) is 15.9 Å². The van der Waals surface area contributed by atoms with Gasteiger partial charge in [-0.25, -0.2) is 4.98 Å². The van der Waals surface area contributed by atoms with E-state index in [0.717, 1.165) is 16.8 Å². The standard InChI is InChI=1S/C20H17Cl2N3O2/c1-12-7-13(2)24-19(8-12)25-20(26)17-9-14(5-6-23-17)11-27-18-10-15(21)3-4-16(18)22/h3-10H,11H2,1-2H3,(H,24,25,26). The number of hydrogen-bond donors (Lipinski definition) is 1. The fourth-order valence-electron chi connectivity index (χ4n) is 2.52. The summed E-state index contributed by atoms with van der Waals surface area (Å²) in [5.41, 5.74) is 2.90. The average Bonchev–Trinajstić information content (AvgIpc) is 2.62. The fourth-order valence-corrected chi connectivity index (χ4v) is 2.86. The van der Waals surface area contributed by atoms with Gasteiger partial charge in [-0.15, -0.1) is 0 Å². The van der Waals surface area contributed by atoms with E-state index in [1.165, 1.54) is 0 Å². The second kappa shape index (κ2) is 8.37. The van der Waals surface area contributed by atoms with Crippen LogP contribution in [0.15, 0.2) is 48.7 Å². The SMILES string of the molecule is Cc1cc(C)nc(NC(=O)c2cc(COc3cc(Cl)ccc3Cl)ccn2)c1. The number of amides is 1. The summed E-state index contributed by atoms with van der Waals surface area (Å²) >= 11 is 12.0. The van der Waals surface area contributed by atoms with Crippen molar-refractivity contribution in [3.05, 3.63) is 81.2 Å². The van der Waals surface area contributed by atoms with Crippen LogP contribution >= 0.6 is 23.2 Å². The third-order valence-electron chi connectivity index (χ3n) is 3.68. The Bertz CT molecular complexity index is 972. The number of halogens is 2. The Balaban J connectivity index is 1.71. The first-order valence-electron chi connectivity index (χ1n) is 8.20. The van der Waals surface area contributed by atoms with Crippen LogP contribution in [0.25, 0.3) is 0 Å². The molecule has 27 heavy (non-hydrogen) atoms. The van der Waals surface area contributed by atoms with E-state index in [9.17, 15) is 4.79 Å². The summed E-state index contributed by atoms with van der Waals surface area (Å²) in [6, 6.07) is 12.2. The molecule has 2 heterocycles. The summed E-state index contributed by atoms with van der Waals surface area (Å²) in [5.74, 6) is 0.633. The van der Waals surface area contributed by atoms with Gasteiger partial charge < -0.3 is 10.1 Å². The number of hydrogen-bond acceptors (Lipinski definition) is 4. The second-order valence-corrected chi connectivity index (χ2v) is 6.88. The molecule has 2 aromatic heterocycles. The lowest BCUT2D eigenvalue weighted by Gasteiger charge is -2.10. The number of ether oxygens (including phenoxy) is 1. The van der Waals surface area contributed by atoms with Crippen molar-refractivity contribution >= 4 is 34.9 Å². The molecular formula is C20H17Cl2N3O2. The number of nitrogens with zero attached hydrogens (tertiary/aromatic N) is 2. The zero-order valence-corrected chi connectivity index (χ0v) is 16.3. The summed E-state index contributed by atoms with van der Waals surface area (Å²) in [7, 11) is 0. The third kappa shape index (κ3) is 5.18. The first kappa shape index (κ1) is 19.1. The maximum absolute atomic E-state index is 12.5.